The fourth-order valence-electron chi connectivity index (χ4n) is 1.53. The van der Waals surface area contributed by atoms with E-state index in [1.54, 1.807) is 7.11 Å². The third-order valence-corrected chi connectivity index (χ3v) is 2.21. The van der Waals surface area contributed by atoms with Crippen LogP contribution in [-0.2, 0) is 17.9 Å². The van der Waals surface area contributed by atoms with Gasteiger partial charge in [-0.2, -0.15) is 0 Å². The Kier molecular flexibility index (Phi) is 4.93. The maximum absolute atomic E-state index is 5.89. The molecule has 0 atom stereocenters. The Morgan fingerprint density at radius 2 is 2.00 bits per heavy atom. The maximum Gasteiger partial charge on any atom is 0.0713 e. The zero-order chi connectivity index (χ0) is 12.0. The number of benzene rings is 1. The van der Waals surface area contributed by atoms with E-state index in [2.05, 4.69) is 29.6 Å². The van der Waals surface area contributed by atoms with Crippen LogP contribution in [0, 0.1) is 0 Å². The molecule has 0 aliphatic rings. The van der Waals surface area contributed by atoms with Gasteiger partial charge in [0.05, 0.1) is 6.61 Å². The van der Waals surface area contributed by atoms with Gasteiger partial charge in [0, 0.05) is 25.7 Å². The highest BCUT2D eigenvalue weighted by Crippen LogP contribution is 2.06. The second-order valence-electron chi connectivity index (χ2n) is 4.85. The Labute approximate surface area is 98.0 Å². The summed E-state index contributed by atoms with van der Waals surface area (Å²) in [5, 5.41) is 3.35. The van der Waals surface area contributed by atoms with Crippen LogP contribution in [-0.4, -0.2) is 19.2 Å². The summed E-state index contributed by atoms with van der Waals surface area (Å²) in [6.07, 6.45) is 0. The van der Waals surface area contributed by atoms with Gasteiger partial charge in [0.15, 0.2) is 0 Å². The molecule has 0 fully saturated rings. The lowest BCUT2D eigenvalue weighted by Gasteiger charge is -2.19. The average molecular weight is 222 g/mol. The van der Waals surface area contributed by atoms with Gasteiger partial charge in [-0.15, -0.1) is 0 Å². The van der Waals surface area contributed by atoms with Gasteiger partial charge in [0.1, 0.15) is 0 Å². The summed E-state index contributed by atoms with van der Waals surface area (Å²) in [6, 6.07) is 8.38. The van der Waals surface area contributed by atoms with E-state index in [9.17, 15) is 0 Å². The molecule has 16 heavy (non-hydrogen) atoms. The van der Waals surface area contributed by atoms with E-state index in [1.807, 2.05) is 13.8 Å². The first-order valence-corrected chi connectivity index (χ1v) is 5.57. The molecular weight excluding hydrogens is 200 g/mol. The van der Waals surface area contributed by atoms with E-state index < -0.39 is 0 Å². The fourth-order valence-corrected chi connectivity index (χ4v) is 1.53. The van der Waals surface area contributed by atoms with Crippen LogP contribution in [0.4, 0.5) is 0 Å². The van der Waals surface area contributed by atoms with E-state index in [-0.39, 0.29) is 5.54 Å². The van der Waals surface area contributed by atoms with Gasteiger partial charge in [0.25, 0.3) is 0 Å². The molecule has 0 aromatic heterocycles. The highest BCUT2D eigenvalue weighted by atomic mass is 16.5. The number of rotatable bonds is 6. The Bertz CT molecular complexity index is 318. The minimum absolute atomic E-state index is 0.163. The first kappa shape index (κ1) is 13.2. The predicted octanol–water partition coefficient (Wildman–Crippen LogP) is 1.66. The lowest BCUT2D eigenvalue weighted by Crippen LogP contribution is -2.42. The number of nitrogens with one attached hydrogen (secondary N) is 1. The molecule has 0 spiro atoms. The number of methoxy groups -OCH3 is 1. The third kappa shape index (κ3) is 5.26. The van der Waals surface area contributed by atoms with Crippen molar-refractivity contribution < 1.29 is 4.74 Å². The summed E-state index contributed by atoms with van der Waals surface area (Å²) in [5.41, 5.74) is 8.20. The van der Waals surface area contributed by atoms with E-state index in [4.69, 9.17) is 10.5 Å². The Hall–Kier alpha value is -0.900. The summed E-state index contributed by atoms with van der Waals surface area (Å²) in [5.74, 6) is 0. The lowest BCUT2D eigenvalue weighted by molar-refractivity contribution is 0.185. The van der Waals surface area contributed by atoms with E-state index >= 15 is 0 Å². The van der Waals surface area contributed by atoms with Crippen LogP contribution in [0.15, 0.2) is 24.3 Å². The summed E-state index contributed by atoms with van der Waals surface area (Å²) in [4.78, 5) is 0. The largest absolute Gasteiger partial charge is 0.380 e. The zero-order valence-corrected chi connectivity index (χ0v) is 10.4. The van der Waals surface area contributed by atoms with Crippen LogP contribution in [0.25, 0.3) is 0 Å². The molecule has 1 rings (SSSR count). The fraction of sp³-hybridized carbons (Fsp3) is 0.538. The molecule has 0 unspecified atom stereocenters. The highest BCUT2D eigenvalue weighted by molar-refractivity contribution is 5.22. The maximum atomic E-state index is 5.89. The molecule has 3 heteroatoms. The second-order valence-corrected chi connectivity index (χ2v) is 4.85. The van der Waals surface area contributed by atoms with Crippen LogP contribution >= 0.6 is 0 Å². The molecule has 3 N–H and O–H groups in total. The molecular formula is C13H22N2O. The van der Waals surface area contributed by atoms with Crippen LogP contribution in [0.1, 0.15) is 25.0 Å². The first-order chi connectivity index (χ1) is 7.51. The van der Waals surface area contributed by atoms with Gasteiger partial charge >= 0.3 is 0 Å². The van der Waals surface area contributed by atoms with Gasteiger partial charge in [-0.1, -0.05) is 24.3 Å². The quantitative estimate of drug-likeness (QED) is 0.769. The van der Waals surface area contributed by atoms with Gasteiger partial charge in [0.2, 0.25) is 0 Å². The average Bonchev–Trinajstić information content (AvgIpc) is 2.17. The lowest BCUT2D eigenvalue weighted by atomic mass is 10.1. The molecule has 3 nitrogen and oxygen atoms in total. The number of ether oxygens (including phenoxy) is 1. The van der Waals surface area contributed by atoms with Crippen molar-refractivity contribution >= 4 is 0 Å². The minimum Gasteiger partial charge on any atom is -0.380 e. The van der Waals surface area contributed by atoms with Crippen LogP contribution in [0.2, 0.25) is 0 Å². The summed E-state index contributed by atoms with van der Waals surface area (Å²) < 4.78 is 5.10. The van der Waals surface area contributed by atoms with Crippen molar-refractivity contribution in [3.8, 4) is 0 Å². The van der Waals surface area contributed by atoms with Gasteiger partial charge in [-0.3, -0.25) is 0 Å². The van der Waals surface area contributed by atoms with Crippen LogP contribution < -0.4 is 11.1 Å². The molecule has 1 aromatic carbocycles. The summed E-state index contributed by atoms with van der Waals surface area (Å²) in [7, 11) is 1.71. The second kappa shape index (κ2) is 5.99. The summed E-state index contributed by atoms with van der Waals surface area (Å²) in [6.45, 7) is 6.35. The molecule has 0 aliphatic carbocycles. The van der Waals surface area contributed by atoms with Crippen molar-refractivity contribution in [3.05, 3.63) is 35.4 Å². The highest BCUT2D eigenvalue weighted by Gasteiger charge is 2.08. The van der Waals surface area contributed by atoms with E-state index in [1.165, 1.54) is 11.1 Å². The Morgan fingerprint density at radius 1 is 1.31 bits per heavy atom. The number of hydrogen-bond acceptors (Lipinski definition) is 3. The van der Waals surface area contributed by atoms with Crippen molar-refractivity contribution in [2.75, 3.05) is 13.7 Å². The molecule has 0 amide bonds. The van der Waals surface area contributed by atoms with Crippen LogP contribution in [0.5, 0.6) is 0 Å². The van der Waals surface area contributed by atoms with Gasteiger partial charge in [-0.05, 0) is 25.0 Å². The summed E-state index contributed by atoms with van der Waals surface area (Å²) >= 11 is 0. The number of hydrogen-bond donors (Lipinski definition) is 2. The monoisotopic (exact) mass is 222 g/mol. The van der Waals surface area contributed by atoms with Crippen molar-refractivity contribution in [2.45, 2.75) is 32.5 Å². The third-order valence-electron chi connectivity index (χ3n) is 2.21. The number of nitrogens with two attached hydrogens (primary N) is 1. The predicted molar refractivity (Wildman–Crippen MR) is 67.1 cm³/mol. The van der Waals surface area contributed by atoms with Crippen LogP contribution in [0.3, 0.4) is 0 Å². The zero-order valence-electron chi connectivity index (χ0n) is 10.4. The molecule has 0 heterocycles. The van der Waals surface area contributed by atoms with Gasteiger partial charge in [-0.25, -0.2) is 0 Å². The van der Waals surface area contributed by atoms with E-state index in [0.717, 1.165) is 13.1 Å². The standard InChI is InChI=1S/C13H22N2O/c1-13(2,14)10-15-8-11-5-4-6-12(7-11)9-16-3/h4-7,15H,8-10,14H2,1-3H3. The molecule has 0 radical (unpaired) electrons. The Balaban J connectivity index is 2.44. The van der Waals surface area contributed by atoms with Gasteiger partial charge < -0.3 is 15.8 Å². The smallest absolute Gasteiger partial charge is 0.0713 e. The molecule has 0 saturated carbocycles. The van der Waals surface area contributed by atoms with Crippen molar-refractivity contribution in [1.82, 2.24) is 5.32 Å². The normalized spacial score (nSPS) is 11.8. The van der Waals surface area contributed by atoms with Crippen molar-refractivity contribution in [2.24, 2.45) is 5.73 Å². The Morgan fingerprint density at radius 3 is 2.62 bits per heavy atom. The van der Waals surface area contributed by atoms with Crippen molar-refractivity contribution in [3.63, 3.8) is 0 Å². The molecule has 0 aliphatic heterocycles. The molecule has 0 bridgehead atoms. The van der Waals surface area contributed by atoms with E-state index in [0.29, 0.717) is 6.61 Å². The minimum atomic E-state index is -0.163. The SMILES string of the molecule is COCc1cccc(CNCC(C)(C)N)c1. The first-order valence-electron chi connectivity index (χ1n) is 5.57. The molecule has 1 aromatic rings. The molecule has 90 valence electrons. The van der Waals surface area contributed by atoms with Crippen molar-refractivity contribution in [1.29, 1.82) is 0 Å². The topological polar surface area (TPSA) is 47.3 Å². The molecule has 0 saturated heterocycles.